The Morgan fingerprint density at radius 1 is 1.19 bits per heavy atom. The van der Waals surface area contributed by atoms with Crippen molar-refractivity contribution in [2.45, 2.75) is 24.3 Å². The molecule has 26 heavy (non-hydrogen) atoms. The Hall–Kier alpha value is -1.71. The van der Waals surface area contributed by atoms with E-state index in [2.05, 4.69) is 21.6 Å². The topological polar surface area (TPSA) is 87.0 Å². The Balaban J connectivity index is 1.74. The standard InChI is InChI=1S/C17H26N4O4S/c1-3-18-8-10-19(11-9-18)15-6-7-20(13-15)14-4-5-16(21(22)23)17(12-14)26(2,24)25/h4-5,12,15H,3,6-11,13H2,1-2H3. The van der Waals surface area contributed by atoms with E-state index in [0.29, 0.717) is 6.04 Å². The number of nitro groups is 1. The fourth-order valence-corrected chi connectivity index (χ4v) is 4.72. The molecule has 0 saturated carbocycles. The second kappa shape index (κ2) is 7.50. The fourth-order valence-electron chi connectivity index (χ4n) is 3.87. The quantitative estimate of drug-likeness (QED) is 0.559. The number of rotatable bonds is 5. The number of anilines is 1. The van der Waals surface area contributed by atoms with E-state index < -0.39 is 14.8 Å². The third-order valence-corrected chi connectivity index (χ3v) is 6.56. The average Bonchev–Trinajstić information content (AvgIpc) is 3.10. The van der Waals surface area contributed by atoms with E-state index in [9.17, 15) is 18.5 Å². The van der Waals surface area contributed by atoms with Gasteiger partial charge >= 0.3 is 0 Å². The van der Waals surface area contributed by atoms with Crippen LogP contribution in [0.4, 0.5) is 11.4 Å². The van der Waals surface area contributed by atoms with Crippen molar-refractivity contribution in [3.63, 3.8) is 0 Å². The highest BCUT2D eigenvalue weighted by Crippen LogP contribution is 2.31. The summed E-state index contributed by atoms with van der Waals surface area (Å²) in [5.41, 5.74) is 0.383. The molecule has 0 aliphatic carbocycles. The molecule has 0 aromatic heterocycles. The van der Waals surface area contributed by atoms with Crippen LogP contribution in [0, 0.1) is 10.1 Å². The number of nitrogens with zero attached hydrogens (tertiary/aromatic N) is 4. The van der Waals surface area contributed by atoms with Crippen LogP contribution in [0.3, 0.4) is 0 Å². The van der Waals surface area contributed by atoms with Crippen molar-refractivity contribution >= 4 is 21.2 Å². The molecule has 2 fully saturated rings. The molecule has 2 aliphatic rings. The van der Waals surface area contributed by atoms with E-state index in [-0.39, 0.29) is 10.6 Å². The monoisotopic (exact) mass is 382 g/mol. The summed E-state index contributed by atoms with van der Waals surface area (Å²) >= 11 is 0. The lowest BCUT2D eigenvalue weighted by Gasteiger charge is -2.37. The summed E-state index contributed by atoms with van der Waals surface area (Å²) in [6.07, 6.45) is 2.04. The summed E-state index contributed by atoms with van der Waals surface area (Å²) in [4.78, 5) is 17.4. The minimum atomic E-state index is -3.66. The van der Waals surface area contributed by atoms with Crippen LogP contribution in [0.15, 0.2) is 23.1 Å². The summed E-state index contributed by atoms with van der Waals surface area (Å²) in [7, 11) is -3.66. The second-order valence-corrected chi connectivity index (χ2v) is 9.02. The third kappa shape index (κ3) is 3.99. The molecule has 3 rings (SSSR count). The van der Waals surface area contributed by atoms with Crippen LogP contribution in [0.25, 0.3) is 0 Å². The van der Waals surface area contributed by atoms with Crippen molar-refractivity contribution in [3.8, 4) is 0 Å². The van der Waals surface area contributed by atoms with Gasteiger partial charge in [0.05, 0.1) is 4.92 Å². The molecule has 0 radical (unpaired) electrons. The number of nitro benzene ring substituents is 1. The number of piperazine rings is 1. The molecule has 0 spiro atoms. The molecule has 2 saturated heterocycles. The SMILES string of the molecule is CCN1CCN(C2CCN(c3ccc([N+](=O)[O-])c(S(C)(=O)=O)c3)C2)CC1. The molecule has 144 valence electrons. The number of benzene rings is 1. The van der Waals surface area contributed by atoms with Gasteiger partial charge in [0, 0.05) is 63.3 Å². The van der Waals surface area contributed by atoms with Gasteiger partial charge < -0.3 is 9.80 Å². The minimum Gasteiger partial charge on any atom is -0.370 e. The lowest BCUT2D eigenvalue weighted by atomic mass is 10.2. The first-order valence-electron chi connectivity index (χ1n) is 8.99. The Labute approximate surface area is 154 Å². The molecule has 0 N–H and O–H groups in total. The molecule has 2 heterocycles. The molecule has 0 amide bonds. The summed E-state index contributed by atoms with van der Waals surface area (Å²) in [6.45, 7) is 9.21. The second-order valence-electron chi connectivity index (χ2n) is 7.04. The normalized spacial score (nSPS) is 22.7. The van der Waals surface area contributed by atoms with Gasteiger partial charge in [0.25, 0.3) is 5.69 Å². The maximum absolute atomic E-state index is 12.0. The van der Waals surface area contributed by atoms with E-state index >= 15 is 0 Å². The van der Waals surface area contributed by atoms with E-state index in [0.717, 1.165) is 64.2 Å². The first kappa shape index (κ1) is 19.1. The Bertz CT molecular complexity index is 775. The molecule has 9 heteroatoms. The smallest absolute Gasteiger partial charge is 0.288 e. The molecular formula is C17H26N4O4S. The largest absolute Gasteiger partial charge is 0.370 e. The van der Waals surface area contributed by atoms with Crippen LogP contribution in [-0.4, -0.2) is 81.3 Å². The van der Waals surface area contributed by atoms with Crippen LogP contribution in [0.1, 0.15) is 13.3 Å². The highest BCUT2D eigenvalue weighted by Gasteiger charge is 2.31. The summed E-state index contributed by atoms with van der Waals surface area (Å²) in [6, 6.07) is 4.86. The van der Waals surface area contributed by atoms with Gasteiger partial charge in [0.15, 0.2) is 9.84 Å². The summed E-state index contributed by atoms with van der Waals surface area (Å²) in [5, 5.41) is 11.1. The molecule has 1 aromatic carbocycles. The fraction of sp³-hybridized carbons (Fsp3) is 0.647. The van der Waals surface area contributed by atoms with Crippen molar-refractivity contribution in [2.24, 2.45) is 0 Å². The van der Waals surface area contributed by atoms with E-state index in [1.54, 1.807) is 6.07 Å². The van der Waals surface area contributed by atoms with Crippen molar-refractivity contribution in [3.05, 3.63) is 28.3 Å². The van der Waals surface area contributed by atoms with Crippen molar-refractivity contribution in [1.82, 2.24) is 9.80 Å². The van der Waals surface area contributed by atoms with Crippen LogP contribution in [0.5, 0.6) is 0 Å². The Kier molecular flexibility index (Phi) is 5.50. The third-order valence-electron chi connectivity index (χ3n) is 5.44. The van der Waals surface area contributed by atoms with Gasteiger partial charge in [-0.15, -0.1) is 0 Å². The van der Waals surface area contributed by atoms with Gasteiger partial charge in [-0.1, -0.05) is 6.92 Å². The first-order valence-corrected chi connectivity index (χ1v) is 10.9. The van der Waals surface area contributed by atoms with Crippen LogP contribution >= 0.6 is 0 Å². The lowest BCUT2D eigenvalue weighted by Crippen LogP contribution is -2.50. The predicted molar refractivity (Wildman–Crippen MR) is 101 cm³/mol. The summed E-state index contributed by atoms with van der Waals surface area (Å²) in [5.74, 6) is 0. The number of likely N-dealkylation sites (N-methyl/N-ethyl adjacent to an activating group) is 1. The van der Waals surface area contributed by atoms with Crippen LogP contribution in [0.2, 0.25) is 0 Å². The van der Waals surface area contributed by atoms with Gasteiger partial charge in [-0.2, -0.15) is 0 Å². The summed E-state index contributed by atoms with van der Waals surface area (Å²) < 4.78 is 23.9. The highest BCUT2D eigenvalue weighted by molar-refractivity contribution is 7.90. The molecular weight excluding hydrogens is 356 g/mol. The number of hydrogen-bond donors (Lipinski definition) is 0. The van der Waals surface area contributed by atoms with Crippen molar-refractivity contribution in [2.75, 3.05) is 57.0 Å². The maximum Gasteiger partial charge on any atom is 0.288 e. The molecule has 0 bridgehead atoms. The zero-order valence-corrected chi connectivity index (χ0v) is 16.1. The number of sulfone groups is 1. The van der Waals surface area contributed by atoms with Crippen LogP contribution in [-0.2, 0) is 9.84 Å². The van der Waals surface area contributed by atoms with Gasteiger partial charge in [-0.3, -0.25) is 15.0 Å². The van der Waals surface area contributed by atoms with Crippen molar-refractivity contribution in [1.29, 1.82) is 0 Å². The molecule has 8 nitrogen and oxygen atoms in total. The average molecular weight is 382 g/mol. The zero-order chi connectivity index (χ0) is 18.9. The van der Waals surface area contributed by atoms with E-state index in [4.69, 9.17) is 0 Å². The maximum atomic E-state index is 12.0. The van der Waals surface area contributed by atoms with Gasteiger partial charge in [0.1, 0.15) is 4.90 Å². The minimum absolute atomic E-state index is 0.208. The molecule has 1 atom stereocenters. The Morgan fingerprint density at radius 2 is 1.88 bits per heavy atom. The van der Waals surface area contributed by atoms with Gasteiger partial charge in [0.2, 0.25) is 0 Å². The van der Waals surface area contributed by atoms with Crippen LogP contribution < -0.4 is 4.90 Å². The predicted octanol–water partition coefficient (Wildman–Crippen LogP) is 1.21. The zero-order valence-electron chi connectivity index (χ0n) is 15.3. The van der Waals surface area contributed by atoms with Gasteiger partial charge in [-0.05, 0) is 25.1 Å². The lowest BCUT2D eigenvalue weighted by molar-refractivity contribution is -0.387. The Morgan fingerprint density at radius 3 is 2.46 bits per heavy atom. The first-order chi connectivity index (χ1) is 12.3. The van der Waals surface area contributed by atoms with Crippen molar-refractivity contribution < 1.29 is 13.3 Å². The van der Waals surface area contributed by atoms with Gasteiger partial charge in [-0.25, -0.2) is 8.42 Å². The number of hydrogen-bond acceptors (Lipinski definition) is 7. The van der Waals surface area contributed by atoms with E-state index in [1.807, 2.05) is 0 Å². The molecule has 2 aliphatic heterocycles. The molecule has 1 unspecified atom stereocenters. The van der Waals surface area contributed by atoms with E-state index in [1.165, 1.54) is 12.1 Å². The molecule has 1 aromatic rings. The highest BCUT2D eigenvalue weighted by atomic mass is 32.2.